The van der Waals surface area contributed by atoms with E-state index in [1.54, 1.807) is 24.5 Å². The molecule has 2 aliphatic heterocycles. The van der Waals surface area contributed by atoms with Gasteiger partial charge in [0.05, 0.1) is 12.3 Å². The van der Waals surface area contributed by atoms with Crippen LogP contribution < -0.4 is 20.1 Å². The van der Waals surface area contributed by atoms with Crippen molar-refractivity contribution in [2.75, 3.05) is 25.2 Å². The van der Waals surface area contributed by atoms with Gasteiger partial charge in [-0.25, -0.2) is 0 Å². The number of carbonyl (C=O) groups excluding carboxylic acids is 2. The molecule has 2 amide bonds. The van der Waals surface area contributed by atoms with E-state index in [0.29, 0.717) is 17.2 Å². The smallest absolute Gasteiger partial charge is 0.313 e. The lowest BCUT2D eigenvalue weighted by atomic mass is 9.98. The summed E-state index contributed by atoms with van der Waals surface area (Å²) in [6.45, 7) is 1.98. The lowest BCUT2D eigenvalue weighted by Gasteiger charge is -2.34. The van der Waals surface area contributed by atoms with Crippen molar-refractivity contribution in [1.82, 2.24) is 10.2 Å². The Kier molecular flexibility index (Phi) is 5.51. The number of amides is 2. The second-order valence-electron chi connectivity index (χ2n) is 7.75. The molecule has 5 rings (SSSR count). The normalized spacial score (nSPS) is 15.6. The third kappa shape index (κ3) is 4.17. The number of rotatable bonds is 5. The van der Waals surface area contributed by atoms with Crippen LogP contribution in [0.15, 0.2) is 65.3 Å². The van der Waals surface area contributed by atoms with Crippen LogP contribution in [0.1, 0.15) is 22.9 Å². The van der Waals surface area contributed by atoms with Gasteiger partial charge in [-0.2, -0.15) is 0 Å². The zero-order chi connectivity index (χ0) is 21.9. The number of nitrogens with zero attached hydrogens (tertiary/aromatic N) is 1. The van der Waals surface area contributed by atoms with Crippen LogP contribution in [-0.2, 0) is 22.6 Å². The first-order valence-electron chi connectivity index (χ1n) is 10.5. The Morgan fingerprint density at radius 3 is 2.66 bits per heavy atom. The van der Waals surface area contributed by atoms with Gasteiger partial charge in [0.25, 0.3) is 0 Å². The third-order valence-corrected chi connectivity index (χ3v) is 5.77. The highest BCUT2D eigenvalue weighted by molar-refractivity contribution is 6.39. The van der Waals surface area contributed by atoms with Crippen molar-refractivity contribution in [3.05, 3.63) is 77.7 Å². The van der Waals surface area contributed by atoms with Crippen LogP contribution in [0.4, 0.5) is 5.69 Å². The van der Waals surface area contributed by atoms with Gasteiger partial charge in [0.2, 0.25) is 6.79 Å². The van der Waals surface area contributed by atoms with Crippen molar-refractivity contribution in [3.8, 4) is 11.5 Å². The fourth-order valence-electron chi connectivity index (χ4n) is 4.11. The van der Waals surface area contributed by atoms with Crippen molar-refractivity contribution < 1.29 is 23.5 Å². The van der Waals surface area contributed by atoms with E-state index in [4.69, 9.17) is 13.9 Å². The quantitative estimate of drug-likeness (QED) is 0.601. The van der Waals surface area contributed by atoms with Crippen LogP contribution in [0.25, 0.3) is 0 Å². The highest BCUT2D eigenvalue weighted by Gasteiger charge is 2.28. The summed E-state index contributed by atoms with van der Waals surface area (Å²) in [5.41, 5.74) is 3.07. The largest absolute Gasteiger partial charge is 0.468 e. The average molecular weight is 433 g/mol. The molecule has 3 heterocycles. The van der Waals surface area contributed by atoms with E-state index in [-0.39, 0.29) is 19.4 Å². The van der Waals surface area contributed by atoms with Crippen LogP contribution in [0.3, 0.4) is 0 Å². The van der Waals surface area contributed by atoms with Gasteiger partial charge in [0.1, 0.15) is 5.76 Å². The third-order valence-electron chi connectivity index (χ3n) is 5.77. The second-order valence-corrected chi connectivity index (χ2v) is 7.75. The maximum Gasteiger partial charge on any atom is 0.313 e. The summed E-state index contributed by atoms with van der Waals surface area (Å²) < 4.78 is 16.2. The lowest BCUT2D eigenvalue weighted by molar-refractivity contribution is -0.136. The average Bonchev–Trinajstić information content (AvgIpc) is 3.51. The Bertz CT molecular complexity index is 1130. The monoisotopic (exact) mass is 433 g/mol. The number of nitrogens with one attached hydrogen (secondary N) is 2. The number of benzene rings is 2. The number of fused-ring (bicyclic) bond motifs is 2. The summed E-state index contributed by atoms with van der Waals surface area (Å²) in [7, 11) is 0. The lowest BCUT2D eigenvalue weighted by Crippen LogP contribution is -2.43. The highest BCUT2D eigenvalue weighted by Crippen LogP contribution is 2.34. The molecule has 1 aromatic heterocycles. The molecule has 0 saturated heterocycles. The predicted octanol–water partition coefficient (Wildman–Crippen LogP) is 2.86. The van der Waals surface area contributed by atoms with Crippen LogP contribution in [0.5, 0.6) is 11.5 Å². The molecule has 8 nitrogen and oxygen atoms in total. The van der Waals surface area contributed by atoms with Crippen molar-refractivity contribution in [1.29, 1.82) is 0 Å². The fraction of sp³-hybridized carbons (Fsp3) is 0.250. The molecule has 3 aromatic rings. The number of ether oxygens (including phenoxy) is 2. The molecular formula is C24H23N3O5. The number of hydrogen-bond acceptors (Lipinski definition) is 6. The summed E-state index contributed by atoms with van der Waals surface area (Å²) in [6, 6.07) is 16.9. The predicted molar refractivity (Wildman–Crippen MR) is 116 cm³/mol. The molecule has 1 atom stereocenters. The van der Waals surface area contributed by atoms with E-state index in [1.807, 2.05) is 18.2 Å². The van der Waals surface area contributed by atoms with Gasteiger partial charge >= 0.3 is 11.8 Å². The van der Waals surface area contributed by atoms with E-state index < -0.39 is 11.8 Å². The number of hydrogen-bond donors (Lipinski definition) is 2. The Morgan fingerprint density at radius 1 is 0.969 bits per heavy atom. The summed E-state index contributed by atoms with van der Waals surface area (Å²) in [4.78, 5) is 27.2. The van der Waals surface area contributed by atoms with Gasteiger partial charge in [-0.1, -0.05) is 24.3 Å². The van der Waals surface area contributed by atoms with E-state index in [1.165, 1.54) is 11.1 Å². The molecule has 0 spiro atoms. The topological polar surface area (TPSA) is 93.0 Å². The van der Waals surface area contributed by atoms with Crippen molar-refractivity contribution >= 4 is 17.5 Å². The first kappa shape index (κ1) is 20.1. The standard InChI is InChI=1S/C24H23N3O5/c28-23(24(29)26-18-7-8-21-22(12-18)32-15-31-21)25-13-19(20-6-3-11-30-20)27-10-9-16-4-1-2-5-17(16)14-27/h1-8,11-12,19H,9-10,13-15H2,(H,25,28)(H,26,29)/t19-/m1/s1. The van der Waals surface area contributed by atoms with Crippen molar-refractivity contribution in [2.24, 2.45) is 0 Å². The molecular weight excluding hydrogens is 410 g/mol. The van der Waals surface area contributed by atoms with E-state index in [2.05, 4.69) is 33.7 Å². The van der Waals surface area contributed by atoms with Gasteiger partial charge < -0.3 is 24.5 Å². The molecule has 2 aliphatic rings. The van der Waals surface area contributed by atoms with Crippen molar-refractivity contribution in [3.63, 3.8) is 0 Å². The van der Waals surface area contributed by atoms with E-state index in [9.17, 15) is 9.59 Å². The van der Waals surface area contributed by atoms with Gasteiger partial charge in [-0.05, 0) is 41.8 Å². The minimum atomic E-state index is -0.744. The molecule has 2 aromatic carbocycles. The van der Waals surface area contributed by atoms with Gasteiger partial charge in [0, 0.05) is 31.4 Å². The van der Waals surface area contributed by atoms with Crippen LogP contribution in [0.2, 0.25) is 0 Å². The minimum Gasteiger partial charge on any atom is -0.468 e. The highest BCUT2D eigenvalue weighted by atomic mass is 16.7. The summed E-state index contributed by atoms with van der Waals surface area (Å²) in [6.07, 6.45) is 2.54. The molecule has 164 valence electrons. The first-order valence-corrected chi connectivity index (χ1v) is 10.5. The molecule has 0 aliphatic carbocycles. The summed E-state index contributed by atoms with van der Waals surface area (Å²) >= 11 is 0. The van der Waals surface area contributed by atoms with Crippen LogP contribution >= 0.6 is 0 Å². The Balaban J connectivity index is 1.23. The van der Waals surface area contributed by atoms with Crippen LogP contribution in [0, 0.1) is 0 Å². The molecule has 8 heteroatoms. The second kappa shape index (κ2) is 8.76. The van der Waals surface area contributed by atoms with Crippen LogP contribution in [-0.4, -0.2) is 36.6 Å². The molecule has 0 saturated carbocycles. The Morgan fingerprint density at radius 2 is 1.81 bits per heavy atom. The molecule has 0 bridgehead atoms. The number of carbonyl (C=O) groups is 2. The number of furan rings is 1. The molecule has 32 heavy (non-hydrogen) atoms. The Labute approximate surface area is 185 Å². The van der Waals surface area contributed by atoms with E-state index >= 15 is 0 Å². The minimum absolute atomic E-state index is 0.141. The van der Waals surface area contributed by atoms with Gasteiger partial charge in [-0.15, -0.1) is 0 Å². The summed E-state index contributed by atoms with van der Waals surface area (Å²) in [5.74, 6) is 0.437. The fourth-order valence-corrected chi connectivity index (χ4v) is 4.11. The molecule has 0 fully saturated rings. The maximum atomic E-state index is 12.5. The van der Waals surface area contributed by atoms with Crippen molar-refractivity contribution in [2.45, 2.75) is 19.0 Å². The van der Waals surface area contributed by atoms with E-state index in [0.717, 1.165) is 25.3 Å². The zero-order valence-corrected chi connectivity index (χ0v) is 17.4. The maximum absolute atomic E-state index is 12.5. The Hall–Kier alpha value is -3.78. The van der Waals surface area contributed by atoms with Gasteiger partial charge in [-0.3, -0.25) is 14.5 Å². The first-order chi connectivity index (χ1) is 15.7. The molecule has 2 N–H and O–H groups in total. The summed E-state index contributed by atoms with van der Waals surface area (Å²) in [5, 5.41) is 5.35. The SMILES string of the molecule is O=C(NC[C@H](c1ccco1)N1CCc2ccccc2C1)C(=O)Nc1ccc2c(c1)OCO2. The molecule has 0 radical (unpaired) electrons. The molecule has 0 unspecified atom stereocenters. The number of anilines is 1. The zero-order valence-electron chi connectivity index (χ0n) is 17.4. The van der Waals surface area contributed by atoms with Gasteiger partial charge in [0.15, 0.2) is 11.5 Å².